The Morgan fingerprint density at radius 2 is 2.20 bits per heavy atom. The Morgan fingerprint density at radius 3 is 2.80 bits per heavy atom. The van der Waals surface area contributed by atoms with Gasteiger partial charge in [0, 0.05) is 4.47 Å². The highest BCUT2D eigenvalue weighted by Gasteiger charge is 2.18. The Hall–Kier alpha value is -2.26. The number of anilines is 3. The topological polar surface area (TPSA) is 119 Å². The summed E-state index contributed by atoms with van der Waals surface area (Å²) in [6, 6.07) is 5.56. The van der Waals surface area contributed by atoms with Crippen LogP contribution in [0.4, 0.5) is 23.1 Å². The van der Waals surface area contributed by atoms with E-state index in [2.05, 4.69) is 36.6 Å². The summed E-state index contributed by atoms with van der Waals surface area (Å²) < 4.78 is 0.771. The van der Waals surface area contributed by atoms with Crippen molar-refractivity contribution in [3.8, 4) is 0 Å². The van der Waals surface area contributed by atoms with E-state index in [4.69, 9.17) is 5.84 Å². The summed E-state index contributed by atoms with van der Waals surface area (Å²) in [5.74, 6) is 5.35. The van der Waals surface area contributed by atoms with E-state index < -0.39 is 4.92 Å². The number of aromatic nitrogens is 2. The lowest BCUT2D eigenvalue weighted by Gasteiger charge is -2.09. The van der Waals surface area contributed by atoms with Crippen LogP contribution in [0, 0.1) is 17.0 Å². The number of hydrazine groups is 1. The second-order valence-corrected chi connectivity index (χ2v) is 4.79. The molecule has 0 saturated heterocycles. The number of benzene rings is 1. The van der Waals surface area contributed by atoms with E-state index in [1.54, 1.807) is 6.07 Å². The number of halogens is 1. The zero-order chi connectivity index (χ0) is 14.7. The summed E-state index contributed by atoms with van der Waals surface area (Å²) in [5.41, 5.74) is 3.72. The zero-order valence-corrected chi connectivity index (χ0v) is 12.0. The first kappa shape index (κ1) is 14.2. The SMILES string of the molecule is Cc1ccc(Nc2nc(NN)ncc2[N+](=O)[O-])c(Br)c1. The van der Waals surface area contributed by atoms with Gasteiger partial charge in [-0.05, 0) is 40.5 Å². The number of nitrogen functional groups attached to an aromatic ring is 1. The van der Waals surface area contributed by atoms with Gasteiger partial charge in [0.15, 0.2) is 0 Å². The van der Waals surface area contributed by atoms with Crippen LogP contribution in [-0.2, 0) is 0 Å². The van der Waals surface area contributed by atoms with Crippen LogP contribution in [0.25, 0.3) is 0 Å². The highest BCUT2D eigenvalue weighted by Crippen LogP contribution is 2.30. The van der Waals surface area contributed by atoms with E-state index >= 15 is 0 Å². The molecule has 0 saturated carbocycles. The summed E-state index contributed by atoms with van der Waals surface area (Å²) >= 11 is 3.39. The molecule has 0 aliphatic heterocycles. The van der Waals surface area contributed by atoms with Crippen molar-refractivity contribution in [2.75, 3.05) is 10.7 Å². The number of hydrogen-bond acceptors (Lipinski definition) is 7. The van der Waals surface area contributed by atoms with Gasteiger partial charge in [0.05, 0.1) is 10.6 Å². The van der Waals surface area contributed by atoms with Gasteiger partial charge in [0.1, 0.15) is 6.20 Å². The molecular formula is C11H11BrN6O2. The van der Waals surface area contributed by atoms with Gasteiger partial charge in [-0.2, -0.15) is 4.98 Å². The third-order valence-electron chi connectivity index (χ3n) is 2.47. The van der Waals surface area contributed by atoms with E-state index in [1.807, 2.05) is 19.1 Å². The largest absolute Gasteiger partial charge is 0.333 e. The van der Waals surface area contributed by atoms with Crippen LogP contribution in [0.1, 0.15) is 5.56 Å². The van der Waals surface area contributed by atoms with E-state index in [9.17, 15) is 10.1 Å². The Balaban J connectivity index is 2.43. The number of nitrogens with two attached hydrogens (primary N) is 1. The molecule has 2 rings (SSSR count). The summed E-state index contributed by atoms with van der Waals surface area (Å²) in [5, 5.41) is 13.9. The van der Waals surface area contributed by atoms with Crippen molar-refractivity contribution in [3.05, 3.63) is 44.5 Å². The molecule has 9 heteroatoms. The first-order chi connectivity index (χ1) is 9.51. The number of nitrogens with zero attached hydrogens (tertiary/aromatic N) is 3. The fourth-order valence-corrected chi connectivity index (χ4v) is 2.11. The normalized spacial score (nSPS) is 10.2. The van der Waals surface area contributed by atoms with E-state index in [1.165, 1.54) is 0 Å². The molecule has 0 unspecified atom stereocenters. The minimum Gasteiger partial charge on any atom is -0.333 e. The van der Waals surface area contributed by atoms with Crippen molar-refractivity contribution in [3.63, 3.8) is 0 Å². The molecule has 1 aromatic carbocycles. The number of hydrogen-bond donors (Lipinski definition) is 3. The minimum atomic E-state index is -0.565. The van der Waals surface area contributed by atoms with Crippen LogP contribution < -0.4 is 16.6 Å². The molecule has 1 heterocycles. The molecule has 0 amide bonds. The smallest absolute Gasteiger partial charge is 0.329 e. The highest BCUT2D eigenvalue weighted by molar-refractivity contribution is 9.10. The Kier molecular flexibility index (Phi) is 4.11. The summed E-state index contributed by atoms with van der Waals surface area (Å²) in [6.07, 6.45) is 1.09. The lowest BCUT2D eigenvalue weighted by molar-refractivity contribution is -0.384. The molecule has 4 N–H and O–H groups in total. The van der Waals surface area contributed by atoms with Crippen molar-refractivity contribution in [2.45, 2.75) is 6.92 Å². The predicted octanol–water partition coefficient (Wildman–Crippen LogP) is 2.48. The van der Waals surface area contributed by atoms with Crippen LogP contribution in [0.5, 0.6) is 0 Å². The second kappa shape index (κ2) is 5.80. The second-order valence-electron chi connectivity index (χ2n) is 3.94. The maximum absolute atomic E-state index is 11.0. The Bertz CT molecular complexity index is 663. The van der Waals surface area contributed by atoms with Gasteiger partial charge >= 0.3 is 5.69 Å². The van der Waals surface area contributed by atoms with Crippen molar-refractivity contribution in [2.24, 2.45) is 5.84 Å². The molecule has 0 aliphatic rings. The Morgan fingerprint density at radius 1 is 1.45 bits per heavy atom. The van der Waals surface area contributed by atoms with Gasteiger partial charge in [-0.3, -0.25) is 15.5 Å². The van der Waals surface area contributed by atoms with Gasteiger partial charge in [0.25, 0.3) is 0 Å². The van der Waals surface area contributed by atoms with Crippen LogP contribution in [0.15, 0.2) is 28.9 Å². The van der Waals surface area contributed by atoms with Gasteiger partial charge < -0.3 is 5.32 Å². The molecule has 2 aromatic rings. The van der Waals surface area contributed by atoms with Crippen molar-refractivity contribution < 1.29 is 4.92 Å². The van der Waals surface area contributed by atoms with E-state index in [0.717, 1.165) is 16.2 Å². The van der Waals surface area contributed by atoms with Crippen LogP contribution in [0.3, 0.4) is 0 Å². The third kappa shape index (κ3) is 3.00. The summed E-state index contributed by atoms with van der Waals surface area (Å²) in [6.45, 7) is 1.94. The number of aryl methyl sites for hydroxylation is 1. The number of nitrogens with one attached hydrogen (secondary N) is 2. The molecule has 0 aliphatic carbocycles. The van der Waals surface area contributed by atoms with Crippen LogP contribution >= 0.6 is 15.9 Å². The average molecular weight is 339 g/mol. The fourth-order valence-electron chi connectivity index (χ4n) is 1.52. The van der Waals surface area contributed by atoms with Crippen molar-refractivity contribution in [1.29, 1.82) is 0 Å². The van der Waals surface area contributed by atoms with Crippen LogP contribution in [-0.4, -0.2) is 14.9 Å². The number of nitro groups is 1. The summed E-state index contributed by atoms with van der Waals surface area (Å²) in [7, 11) is 0. The Labute approximate surface area is 122 Å². The third-order valence-corrected chi connectivity index (χ3v) is 3.13. The molecule has 20 heavy (non-hydrogen) atoms. The first-order valence-electron chi connectivity index (χ1n) is 5.52. The molecule has 0 fully saturated rings. The van der Waals surface area contributed by atoms with Gasteiger partial charge in [-0.25, -0.2) is 10.8 Å². The van der Waals surface area contributed by atoms with E-state index in [0.29, 0.717) is 5.69 Å². The number of rotatable bonds is 4. The zero-order valence-electron chi connectivity index (χ0n) is 10.4. The molecular weight excluding hydrogens is 328 g/mol. The lowest BCUT2D eigenvalue weighted by atomic mass is 10.2. The monoisotopic (exact) mass is 338 g/mol. The first-order valence-corrected chi connectivity index (χ1v) is 6.32. The average Bonchev–Trinajstić information content (AvgIpc) is 2.41. The van der Waals surface area contributed by atoms with Crippen molar-refractivity contribution in [1.82, 2.24) is 9.97 Å². The molecule has 0 radical (unpaired) electrons. The van der Waals surface area contributed by atoms with Crippen molar-refractivity contribution >= 4 is 39.1 Å². The molecule has 0 bridgehead atoms. The molecule has 0 atom stereocenters. The van der Waals surface area contributed by atoms with Crippen LogP contribution in [0.2, 0.25) is 0 Å². The van der Waals surface area contributed by atoms with Gasteiger partial charge in [-0.15, -0.1) is 0 Å². The molecule has 0 spiro atoms. The maximum atomic E-state index is 11.0. The molecule has 1 aromatic heterocycles. The molecule has 104 valence electrons. The van der Waals surface area contributed by atoms with Gasteiger partial charge in [0.2, 0.25) is 11.8 Å². The standard InChI is InChI=1S/C11H11BrN6O2/c1-6-2-3-8(7(12)4-6)15-10-9(18(19)20)5-14-11(16-10)17-13/h2-5H,13H2,1H3,(H2,14,15,16,17). The lowest BCUT2D eigenvalue weighted by Crippen LogP contribution is -2.12. The maximum Gasteiger partial charge on any atom is 0.329 e. The van der Waals surface area contributed by atoms with E-state index in [-0.39, 0.29) is 17.5 Å². The minimum absolute atomic E-state index is 0.0579. The fraction of sp³-hybridized carbons (Fsp3) is 0.0909. The highest BCUT2D eigenvalue weighted by atomic mass is 79.9. The quantitative estimate of drug-likeness (QED) is 0.445. The predicted molar refractivity (Wildman–Crippen MR) is 78.7 cm³/mol. The molecule has 8 nitrogen and oxygen atoms in total. The van der Waals surface area contributed by atoms with Gasteiger partial charge in [-0.1, -0.05) is 6.07 Å². The summed E-state index contributed by atoms with van der Waals surface area (Å²) in [4.78, 5) is 18.1.